The van der Waals surface area contributed by atoms with E-state index < -0.39 is 23.4 Å². The molecular weight excluding hydrogens is 227 g/mol. The lowest BCUT2D eigenvalue weighted by Crippen LogP contribution is -2.13. The molecule has 0 rings (SSSR count). The predicted molar refractivity (Wildman–Crippen MR) is 54.9 cm³/mol. The highest BCUT2D eigenvalue weighted by Crippen LogP contribution is 2.54. The van der Waals surface area contributed by atoms with Crippen LogP contribution in [0.5, 0.6) is 0 Å². The summed E-state index contributed by atoms with van der Waals surface area (Å²) in [6.07, 6.45) is 0. The third-order valence-corrected chi connectivity index (χ3v) is 5.84. The van der Waals surface area contributed by atoms with Crippen LogP contribution >= 0.6 is 7.60 Å². The van der Waals surface area contributed by atoms with Gasteiger partial charge in [0.05, 0.1) is 18.0 Å². The van der Waals surface area contributed by atoms with E-state index in [-0.39, 0.29) is 12.4 Å². The molecule has 0 saturated heterocycles. The van der Waals surface area contributed by atoms with Crippen LogP contribution in [0, 0.1) is 0 Å². The first kappa shape index (κ1) is 14.1. The van der Waals surface area contributed by atoms with E-state index in [1.54, 1.807) is 20.8 Å². The van der Waals surface area contributed by atoms with Crippen molar-refractivity contribution in [3.8, 4) is 0 Å². The molecular formula is C7H17O5PS. The molecule has 0 aliphatic carbocycles. The molecule has 0 fully saturated rings. The summed E-state index contributed by atoms with van der Waals surface area (Å²) in [5.41, 5.74) is -0.469. The van der Waals surface area contributed by atoms with E-state index in [1.165, 1.54) is 6.92 Å². The summed E-state index contributed by atoms with van der Waals surface area (Å²) in [7, 11) is -7.25. The minimum absolute atomic E-state index is 0.161. The van der Waals surface area contributed by atoms with Gasteiger partial charge in [-0.3, -0.25) is 4.57 Å². The first-order valence-corrected chi connectivity index (χ1v) is 7.64. The van der Waals surface area contributed by atoms with Crippen molar-refractivity contribution in [2.24, 2.45) is 0 Å². The smallest absolute Gasteiger partial charge is 0.308 e. The van der Waals surface area contributed by atoms with E-state index in [0.717, 1.165) is 0 Å². The van der Waals surface area contributed by atoms with E-state index in [2.05, 4.69) is 3.97 Å². The molecule has 0 aromatic carbocycles. The van der Waals surface area contributed by atoms with Gasteiger partial charge in [-0.15, -0.1) is 0 Å². The molecule has 7 heteroatoms. The van der Waals surface area contributed by atoms with Crippen LogP contribution in [0.25, 0.3) is 0 Å². The van der Waals surface area contributed by atoms with Crippen LogP contribution < -0.4 is 0 Å². The molecule has 14 heavy (non-hydrogen) atoms. The monoisotopic (exact) mass is 244 g/mol. The van der Waals surface area contributed by atoms with Crippen molar-refractivity contribution in [1.29, 1.82) is 0 Å². The van der Waals surface area contributed by atoms with E-state index in [9.17, 15) is 13.0 Å². The SMILES string of the molecule is CCOP(=O)(OS(=O)(=O)CC)C(C)C. The van der Waals surface area contributed by atoms with Gasteiger partial charge in [0.25, 0.3) is 10.1 Å². The van der Waals surface area contributed by atoms with Crippen LogP contribution in [0.15, 0.2) is 0 Å². The minimum atomic E-state index is -3.73. The van der Waals surface area contributed by atoms with Gasteiger partial charge in [-0.25, -0.2) is 0 Å². The summed E-state index contributed by atoms with van der Waals surface area (Å²) >= 11 is 0. The third-order valence-electron chi connectivity index (χ3n) is 1.51. The van der Waals surface area contributed by atoms with Crippen LogP contribution in [-0.2, 0) is 23.2 Å². The molecule has 0 N–H and O–H groups in total. The number of hydrogen-bond acceptors (Lipinski definition) is 5. The largest absolute Gasteiger partial charge is 0.347 e. The van der Waals surface area contributed by atoms with Gasteiger partial charge in [0.1, 0.15) is 0 Å². The maximum atomic E-state index is 11.9. The van der Waals surface area contributed by atoms with Gasteiger partial charge >= 0.3 is 7.60 Å². The van der Waals surface area contributed by atoms with Crippen LogP contribution in [0.2, 0.25) is 0 Å². The van der Waals surface area contributed by atoms with E-state index in [1.807, 2.05) is 0 Å². The van der Waals surface area contributed by atoms with Gasteiger partial charge in [-0.05, 0) is 13.8 Å². The van der Waals surface area contributed by atoms with Gasteiger partial charge < -0.3 is 4.52 Å². The third kappa shape index (κ3) is 4.09. The van der Waals surface area contributed by atoms with Crippen molar-refractivity contribution in [2.75, 3.05) is 12.4 Å². The zero-order valence-electron chi connectivity index (χ0n) is 8.89. The summed E-state index contributed by atoms with van der Waals surface area (Å²) in [4.78, 5) is 0. The minimum Gasteiger partial charge on any atom is -0.308 e. The van der Waals surface area contributed by atoms with Gasteiger partial charge in [-0.1, -0.05) is 13.8 Å². The highest BCUT2D eigenvalue weighted by Gasteiger charge is 2.34. The Balaban J connectivity index is 4.80. The molecule has 0 aliphatic heterocycles. The van der Waals surface area contributed by atoms with E-state index in [4.69, 9.17) is 4.52 Å². The quantitative estimate of drug-likeness (QED) is 0.668. The maximum Gasteiger partial charge on any atom is 0.347 e. The van der Waals surface area contributed by atoms with Crippen molar-refractivity contribution in [1.82, 2.24) is 0 Å². The highest BCUT2D eigenvalue weighted by atomic mass is 32.2. The molecule has 1 unspecified atom stereocenters. The molecule has 86 valence electrons. The Kier molecular flexibility index (Phi) is 5.30. The second kappa shape index (κ2) is 5.26. The van der Waals surface area contributed by atoms with Crippen molar-refractivity contribution >= 4 is 17.7 Å². The maximum absolute atomic E-state index is 11.9. The summed E-state index contributed by atoms with van der Waals surface area (Å²) in [6, 6.07) is 0. The Labute approximate surface area is 85.5 Å². The molecule has 0 aromatic rings. The van der Waals surface area contributed by atoms with Crippen molar-refractivity contribution < 1.29 is 21.5 Å². The average Bonchev–Trinajstić information content (AvgIpc) is 2.03. The number of hydrogen-bond donors (Lipinski definition) is 0. The molecule has 0 aromatic heterocycles. The molecule has 5 nitrogen and oxygen atoms in total. The van der Waals surface area contributed by atoms with Crippen molar-refractivity contribution in [3.05, 3.63) is 0 Å². The first-order chi connectivity index (χ1) is 6.27. The topological polar surface area (TPSA) is 69.7 Å². The normalized spacial score (nSPS) is 16.9. The Morgan fingerprint density at radius 2 is 1.79 bits per heavy atom. The molecule has 0 radical (unpaired) electrons. The van der Waals surface area contributed by atoms with E-state index >= 15 is 0 Å². The van der Waals surface area contributed by atoms with Gasteiger partial charge in [0.15, 0.2) is 0 Å². The molecule has 1 atom stereocenters. The molecule has 0 heterocycles. The standard InChI is InChI=1S/C7H17O5PS/c1-5-11-13(8,7(3)4)12-14(9,10)6-2/h7H,5-6H2,1-4H3. The van der Waals surface area contributed by atoms with Crippen molar-refractivity contribution in [2.45, 2.75) is 33.4 Å². The van der Waals surface area contributed by atoms with Gasteiger partial charge in [0.2, 0.25) is 0 Å². The van der Waals surface area contributed by atoms with E-state index in [0.29, 0.717) is 0 Å². The second-order valence-corrected chi connectivity index (χ2v) is 7.63. The first-order valence-electron chi connectivity index (χ1n) is 4.45. The Morgan fingerprint density at radius 1 is 1.29 bits per heavy atom. The lowest BCUT2D eigenvalue weighted by Gasteiger charge is -2.19. The molecule has 0 saturated carbocycles. The van der Waals surface area contributed by atoms with Gasteiger partial charge in [-0.2, -0.15) is 12.4 Å². The van der Waals surface area contributed by atoms with Crippen LogP contribution in [0.3, 0.4) is 0 Å². The van der Waals surface area contributed by atoms with Crippen LogP contribution in [-0.4, -0.2) is 26.4 Å². The summed E-state index contributed by atoms with van der Waals surface area (Å²) in [5, 5.41) is 0. The van der Waals surface area contributed by atoms with Gasteiger partial charge in [0, 0.05) is 0 Å². The fourth-order valence-electron chi connectivity index (χ4n) is 0.648. The highest BCUT2D eigenvalue weighted by molar-refractivity contribution is 7.91. The fraction of sp³-hybridized carbons (Fsp3) is 1.00. The lowest BCUT2D eigenvalue weighted by molar-refractivity contribution is 0.274. The fourth-order valence-corrected chi connectivity index (χ4v) is 3.85. The summed E-state index contributed by atoms with van der Waals surface area (Å²) in [6.45, 7) is 6.42. The zero-order chi connectivity index (χ0) is 11.4. The Hall–Kier alpha value is 0.100. The molecule has 0 bridgehead atoms. The molecule has 0 aliphatic rings. The summed E-state index contributed by atoms with van der Waals surface area (Å²) in [5.74, 6) is -0.212. The predicted octanol–water partition coefficient (Wildman–Crippen LogP) is 1.99. The lowest BCUT2D eigenvalue weighted by atomic mass is 10.6. The summed E-state index contributed by atoms with van der Waals surface area (Å²) < 4.78 is 43.6. The Morgan fingerprint density at radius 3 is 2.07 bits per heavy atom. The second-order valence-electron chi connectivity index (χ2n) is 2.97. The molecule has 0 spiro atoms. The molecule has 0 amide bonds. The van der Waals surface area contributed by atoms with Crippen molar-refractivity contribution in [3.63, 3.8) is 0 Å². The zero-order valence-corrected chi connectivity index (χ0v) is 10.6. The Bertz CT molecular complexity index is 308. The average molecular weight is 244 g/mol. The number of rotatable bonds is 6. The van der Waals surface area contributed by atoms with Crippen LogP contribution in [0.4, 0.5) is 0 Å². The van der Waals surface area contributed by atoms with Crippen LogP contribution in [0.1, 0.15) is 27.7 Å².